The number of nitrogens with zero attached hydrogens (tertiary/aromatic N) is 1. The van der Waals surface area contributed by atoms with Crippen LogP contribution >= 0.6 is 0 Å². The van der Waals surface area contributed by atoms with Crippen molar-refractivity contribution < 1.29 is 9.84 Å². The molecule has 1 unspecified atom stereocenters. The van der Waals surface area contributed by atoms with Crippen LogP contribution in [0.25, 0.3) is 0 Å². The molecule has 2 rings (SSSR count). The fraction of sp³-hybridized carbons (Fsp3) is 0.625. The monoisotopic (exact) mass is 278 g/mol. The van der Waals surface area contributed by atoms with Crippen molar-refractivity contribution in [3.05, 3.63) is 29.8 Å². The summed E-state index contributed by atoms with van der Waals surface area (Å²) in [6.45, 7) is 8.58. The van der Waals surface area contributed by atoms with Crippen molar-refractivity contribution in [2.24, 2.45) is 0 Å². The van der Waals surface area contributed by atoms with Crippen molar-refractivity contribution in [1.29, 1.82) is 0 Å². The highest BCUT2D eigenvalue weighted by Crippen LogP contribution is 2.23. The molecule has 1 aliphatic rings. The molecule has 0 saturated heterocycles. The Morgan fingerprint density at radius 1 is 1.40 bits per heavy atom. The number of aliphatic hydroxyl groups is 1. The first-order chi connectivity index (χ1) is 9.67. The van der Waals surface area contributed by atoms with Gasteiger partial charge in [-0.25, -0.2) is 0 Å². The lowest BCUT2D eigenvalue weighted by Crippen LogP contribution is -2.54. The van der Waals surface area contributed by atoms with Crippen molar-refractivity contribution in [1.82, 2.24) is 10.2 Å². The maximum Gasteiger partial charge on any atom is 0.123 e. The van der Waals surface area contributed by atoms with E-state index in [0.29, 0.717) is 6.61 Å². The number of hydrogen-bond acceptors (Lipinski definition) is 4. The third-order valence-corrected chi connectivity index (χ3v) is 3.75. The number of fused-ring (bicyclic) bond motifs is 1. The summed E-state index contributed by atoms with van der Waals surface area (Å²) in [7, 11) is 0. The van der Waals surface area contributed by atoms with Crippen molar-refractivity contribution in [3.8, 4) is 5.75 Å². The number of ether oxygens (including phenoxy) is 1. The largest absolute Gasteiger partial charge is 0.492 e. The standard InChI is InChI=1S/C16H26N2O2/c1-3-8-17-16(2,13-19)12-18-9-10-20-15-7-5-4-6-14(15)11-18/h4-7,17,19H,3,8-13H2,1-2H3. The van der Waals surface area contributed by atoms with Crippen LogP contribution in [0.1, 0.15) is 25.8 Å². The lowest BCUT2D eigenvalue weighted by atomic mass is 10.0. The van der Waals surface area contributed by atoms with E-state index in [9.17, 15) is 5.11 Å². The Morgan fingerprint density at radius 3 is 2.95 bits per heavy atom. The molecular formula is C16H26N2O2. The Hall–Kier alpha value is -1.10. The van der Waals surface area contributed by atoms with Crippen LogP contribution in [-0.2, 0) is 6.54 Å². The van der Waals surface area contributed by atoms with Crippen molar-refractivity contribution in [2.45, 2.75) is 32.4 Å². The van der Waals surface area contributed by atoms with Gasteiger partial charge in [-0.2, -0.15) is 0 Å². The number of nitrogens with one attached hydrogen (secondary N) is 1. The highest BCUT2D eigenvalue weighted by Gasteiger charge is 2.27. The van der Waals surface area contributed by atoms with Gasteiger partial charge < -0.3 is 15.2 Å². The van der Waals surface area contributed by atoms with Crippen molar-refractivity contribution in [3.63, 3.8) is 0 Å². The Labute approximate surface area is 121 Å². The van der Waals surface area contributed by atoms with Crippen LogP contribution in [0, 0.1) is 0 Å². The highest BCUT2D eigenvalue weighted by molar-refractivity contribution is 5.33. The molecule has 0 amide bonds. The van der Waals surface area contributed by atoms with Crippen LogP contribution in [0.15, 0.2) is 24.3 Å². The topological polar surface area (TPSA) is 44.7 Å². The van der Waals surface area contributed by atoms with E-state index in [-0.39, 0.29) is 12.1 Å². The number of aliphatic hydroxyl groups excluding tert-OH is 1. The third kappa shape index (κ3) is 3.95. The Morgan fingerprint density at radius 2 is 2.20 bits per heavy atom. The Bertz CT molecular complexity index is 425. The second-order valence-electron chi connectivity index (χ2n) is 5.81. The number of para-hydroxylation sites is 1. The molecule has 0 bridgehead atoms. The van der Waals surface area contributed by atoms with Gasteiger partial charge in [0.2, 0.25) is 0 Å². The summed E-state index contributed by atoms with van der Waals surface area (Å²) in [5, 5.41) is 13.1. The van der Waals surface area contributed by atoms with Crippen LogP contribution in [-0.4, -0.2) is 48.4 Å². The van der Waals surface area contributed by atoms with Crippen molar-refractivity contribution >= 4 is 0 Å². The zero-order valence-corrected chi connectivity index (χ0v) is 12.6. The minimum Gasteiger partial charge on any atom is -0.492 e. The van der Waals surface area contributed by atoms with E-state index in [1.165, 1.54) is 5.56 Å². The van der Waals surface area contributed by atoms with E-state index >= 15 is 0 Å². The molecular weight excluding hydrogens is 252 g/mol. The summed E-state index contributed by atoms with van der Waals surface area (Å²) in [5.74, 6) is 0.988. The van der Waals surface area contributed by atoms with Crippen LogP contribution < -0.4 is 10.1 Å². The van der Waals surface area contributed by atoms with Gasteiger partial charge in [0.15, 0.2) is 0 Å². The summed E-state index contributed by atoms with van der Waals surface area (Å²) in [4.78, 5) is 2.35. The van der Waals surface area contributed by atoms with Crippen LogP contribution in [0.3, 0.4) is 0 Å². The van der Waals surface area contributed by atoms with Gasteiger partial charge >= 0.3 is 0 Å². The first-order valence-electron chi connectivity index (χ1n) is 7.46. The van der Waals surface area contributed by atoms with Gasteiger partial charge in [-0.1, -0.05) is 25.1 Å². The fourth-order valence-corrected chi connectivity index (χ4v) is 2.60. The molecule has 1 aromatic rings. The quantitative estimate of drug-likeness (QED) is 0.830. The molecule has 0 spiro atoms. The van der Waals surface area contributed by atoms with Gasteiger partial charge in [0.25, 0.3) is 0 Å². The molecule has 20 heavy (non-hydrogen) atoms. The fourth-order valence-electron chi connectivity index (χ4n) is 2.60. The van der Waals surface area contributed by atoms with Gasteiger partial charge in [-0.15, -0.1) is 0 Å². The zero-order valence-electron chi connectivity index (χ0n) is 12.6. The van der Waals surface area contributed by atoms with E-state index in [1.807, 2.05) is 18.2 Å². The molecule has 4 nitrogen and oxygen atoms in total. The molecule has 1 atom stereocenters. The molecule has 0 aliphatic carbocycles. The van der Waals surface area contributed by atoms with Crippen LogP contribution in [0.2, 0.25) is 0 Å². The molecule has 0 fully saturated rings. The minimum absolute atomic E-state index is 0.145. The number of rotatable bonds is 6. The summed E-state index contributed by atoms with van der Waals surface area (Å²) < 4.78 is 5.78. The van der Waals surface area contributed by atoms with E-state index in [1.54, 1.807) is 0 Å². The second kappa shape index (κ2) is 7.07. The molecule has 112 valence electrons. The lowest BCUT2D eigenvalue weighted by molar-refractivity contribution is 0.112. The van der Waals surface area contributed by atoms with Crippen LogP contribution in [0.5, 0.6) is 5.75 Å². The predicted molar refractivity (Wildman–Crippen MR) is 81.0 cm³/mol. The summed E-state index contributed by atoms with van der Waals surface area (Å²) in [6, 6.07) is 8.20. The molecule has 1 aliphatic heterocycles. The van der Waals surface area contributed by atoms with E-state index < -0.39 is 0 Å². The molecule has 1 heterocycles. The van der Waals surface area contributed by atoms with E-state index in [4.69, 9.17) is 4.74 Å². The highest BCUT2D eigenvalue weighted by atomic mass is 16.5. The molecule has 0 saturated carbocycles. The minimum atomic E-state index is -0.255. The number of benzene rings is 1. The van der Waals surface area contributed by atoms with Gasteiger partial charge in [-0.05, 0) is 26.0 Å². The van der Waals surface area contributed by atoms with Gasteiger partial charge in [0.1, 0.15) is 12.4 Å². The maximum absolute atomic E-state index is 9.69. The average molecular weight is 278 g/mol. The van der Waals surface area contributed by atoms with Gasteiger partial charge in [0, 0.05) is 25.2 Å². The lowest BCUT2D eigenvalue weighted by Gasteiger charge is -2.34. The van der Waals surface area contributed by atoms with Gasteiger partial charge in [-0.3, -0.25) is 4.90 Å². The molecule has 0 aromatic heterocycles. The smallest absolute Gasteiger partial charge is 0.123 e. The maximum atomic E-state index is 9.69. The Balaban J connectivity index is 2.02. The summed E-state index contributed by atoms with van der Waals surface area (Å²) in [5.41, 5.74) is 0.968. The Kier molecular flexibility index (Phi) is 5.40. The average Bonchev–Trinajstić information content (AvgIpc) is 2.66. The summed E-state index contributed by atoms with van der Waals surface area (Å²) >= 11 is 0. The van der Waals surface area contributed by atoms with Crippen LogP contribution in [0.4, 0.5) is 0 Å². The van der Waals surface area contributed by atoms with Crippen molar-refractivity contribution in [2.75, 3.05) is 32.8 Å². The van der Waals surface area contributed by atoms with Gasteiger partial charge in [0.05, 0.1) is 12.1 Å². The zero-order chi connectivity index (χ0) is 14.4. The van der Waals surface area contributed by atoms with E-state index in [0.717, 1.165) is 38.3 Å². The second-order valence-corrected chi connectivity index (χ2v) is 5.81. The molecule has 2 N–H and O–H groups in total. The first-order valence-corrected chi connectivity index (χ1v) is 7.46. The SMILES string of the molecule is CCCNC(C)(CO)CN1CCOc2ccccc2C1. The summed E-state index contributed by atoms with van der Waals surface area (Å²) in [6.07, 6.45) is 1.07. The van der Waals surface area contributed by atoms with E-state index in [2.05, 4.69) is 30.1 Å². The molecule has 1 aromatic carbocycles. The normalized spacial score (nSPS) is 18.8. The third-order valence-electron chi connectivity index (χ3n) is 3.75. The number of hydrogen-bond donors (Lipinski definition) is 2. The molecule has 4 heteroatoms. The first kappa shape index (κ1) is 15.3. The molecule has 0 radical (unpaired) electrons. The predicted octanol–water partition coefficient (Wildman–Crippen LogP) is 1.63.